The third kappa shape index (κ3) is 3.82. The van der Waals surface area contributed by atoms with E-state index in [4.69, 9.17) is 10.5 Å². The summed E-state index contributed by atoms with van der Waals surface area (Å²) in [7, 11) is 0. The zero-order valence-electron chi connectivity index (χ0n) is 13.3. The van der Waals surface area contributed by atoms with Crippen LogP contribution in [0.4, 0.5) is 13.2 Å². The van der Waals surface area contributed by atoms with Crippen LogP contribution in [0.25, 0.3) is 5.69 Å². The average Bonchev–Trinajstić information content (AvgIpc) is 3.08. The third-order valence-electron chi connectivity index (χ3n) is 3.53. The van der Waals surface area contributed by atoms with Gasteiger partial charge in [0.2, 0.25) is 0 Å². The summed E-state index contributed by atoms with van der Waals surface area (Å²) in [5.41, 5.74) is 5.77. The number of halogens is 3. The molecule has 1 amide bonds. The molecule has 1 heterocycles. The summed E-state index contributed by atoms with van der Waals surface area (Å²) in [6.07, 6.45) is -2.85. The van der Waals surface area contributed by atoms with E-state index in [1.807, 2.05) is 0 Å². The number of carbonyl (C=O) groups excluding carboxylic acids is 1. The SMILES string of the molecule is NC(=O)c1ccccc1-n1cc(COc2ccc(C(F)(F)F)cc2)nn1. The maximum absolute atomic E-state index is 12.5. The largest absolute Gasteiger partial charge is 0.487 e. The topological polar surface area (TPSA) is 83.0 Å². The Labute approximate surface area is 146 Å². The van der Waals surface area contributed by atoms with Gasteiger partial charge >= 0.3 is 6.18 Å². The maximum Gasteiger partial charge on any atom is 0.416 e. The molecule has 0 aliphatic carbocycles. The molecule has 2 aromatic carbocycles. The predicted octanol–water partition coefficient (Wildman–Crippen LogP) is 2.96. The van der Waals surface area contributed by atoms with Gasteiger partial charge in [0.15, 0.2) is 0 Å². The van der Waals surface area contributed by atoms with Gasteiger partial charge in [-0.15, -0.1) is 5.10 Å². The predicted molar refractivity (Wildman–Crippen MR) is 85.7 cm³/mol. The number of para-hydroxylation sites is 1. The molecule has 1 aromatic heterocycles. The van der Waals surface area contributed by atoms with Crippen molar-refractivity contribution in [3.05, 3.63) is 71.5 Å². The van der Waals surface area contributed by atoms with E-state index in [0.29, 0.717) is 11.4 Å². The van der Waals surface area contributed by atoms with E-state index in [1.165, 1.54) is 16.8 Å². The Kier molecular flexibility index (Phi) is 4.61. The van der Waals surface area contributed by atoms with Gasteiger partial charge < -0.3 is 10.5 Å². The number of carbonyl (C=O) groups is 1. The van der Waals surface area contributed by atoms with E-state index in [0.717, 1.165) is 12.1 Å². The Bertz CT molecular complexity index is 920. The van der Waals surface area contributed by atoms with Gasteiger partial charge in [-0.2, -0.15) is 13.2 Å². The smallest absolute Gasteiger partial charge is 0.416 e. The molecule has 0 aliphatic heterocycles. The quantitative estimate of drug-likeness (QED) is 0.756. The summed E-state index contributed by atoms with van der Waals surface area (Å²) in [6.45, 7) is 0.00407. The van der Waals surface area contributed by atoms with Crippen LogP contribution in [0.1, 0.15) is 21.6 Å². The van der Waals surface area contributed by atoms with Crippen molar-refractivity contribution in [2.45, 2.75) is 12.8 Å². The van der Waals surface area contributed by atoms with E-state index in [9.17, 15) is 18.0 Å². The fraction of sp³-hybridized carbons (Fsp3) is 0.118. The number of hydrogen-bond donors (Lipinski definition) is 1. The summed E-state index contributed by atoms with van der Waals surface area (Å²) in [6, 6.07) is 11.0. The molecule has 2 N–H and O–H groups in total. The second-order valence-electron chi connectivity index (χ2n) is 5.35. The van der Waals surface area contributed by atoms with Crippen LogP contribution < -0.4 is 10.5 Å². The zero-order chi connectivity index (χ0) is 18.7. The number of nitrogens with zero attached hydrogens (tertiary/aromatic N) is 3. The number of ether oxygens (including phenoxy) is 1. The van der Waals surface area contributed by atoms with Crippen LogP contribution in [-0.4, -0.2) is 20.9 Å². The molecular formula is C17H13F3N4O2. The standard InChI is InChI=1S/C17H13F3N4O2/c18-17(19,20)11-5-7-13(8-6-11)26-10-12-9-24(23-22-12)15-4-2-1-3-14(15)16(21)25/h1-9H,10H2,(H2,21,25). The molecule has 3 aromatic rings. The molecule has 0 saturated heterocycles. The molecular weight excluding hydrogens is 349 g/mol. The lowest BCUT2D eigenvalue weighted by Gasteiger charge is -2.08. The molecule has 0 aliphatic rings. The third-order valence-corrected chi connectivity index (χ3v) is 3.53. The fourth-order valence-electron chi connectivity index (χ4n) is 2.26. The second kappa shape index (κ2) is 6.87. The molecule has 0 spiro atoms. The van der Waals surface area contributed by atoms with Gasteiger partial charge in [-0.25, -0.2) is 4.68 Å². The van der Waals surface area contributed by atoms with E-state index < -0.39 is 17.6 Å². The lowest BCUT2D eigenvalue weighted by Crippen LogP contribution is -2.14. The van der Waals surface area contributed by atoms with Crippen molar-refractivity contribution in [2.75, 3.05) is 0 Å². The van der Waals surface area contributed by atoms with Crippen molar-refractivity contribution < 1.29 is 22.7 Å². The van der Waals surface area contributed by atoms with Crippen molar-refractivity contribution in [3.8, 4) is 11.4 Å². The summed E-state index contributed by atoms with van der Waals surface area (Å²) < 4.78 is 44.4. The highest BCUT2D eigenvalue weighted by Crippen LogP contribution is 2.30. The summed E-state index contributed by atoms with van der Waals surface area (Å²) >= 11 is 0. The maximum atomic E-state index is 12.5. The zero-order valence-corrected chi connectivity index (χ0v) is 13.3. The van der Waals surface area contributed by atoms with Crippen LogP contribution in [-0.2, 0) is 12.8 Å². The molecule has 0 radical (unpaired) electrons. The molecule has 0 unspecified atom stereocenters. The molecule has 9 heteroatoms. The summed E-state index contributed by atoms with van der Waals surface area (Å²) in [5.74, 6) is -0.330. The van der Waals surface area contributed by atoms with Crippen molar-refractivity contribution in [2.24, 2.45) is 5.73 Å². The highest BCUT2D eigenvalue weighted by molar-refractivity contribution is 5.96. The minimum atomic E-state index is -4.39. The highest BCUT2D eigenvalue weighted by atomic mass is 19.4. The van der Waals surface area contributed by atoms with Crippen LogP contribution in [0.3, 0.4) is 0 Å². The molecule has 134 valence electrons. The number of alkyl halides is 3. The highest BCUT2D eigenvalue weighted by Gasteiger charge is 2.30. The molecule has 0 fully saturated rings. The molecule has 0 bridgehead atoms. The molecule has 6 nitrogen and oxygen atoms in total. The van der Waals surface area contributed by atoms with Crippen LogP contribution in [0.15, 0.2) is 54.7 Å². The van der Waals surface area contributed by atoms with Gasteiger partial charge in [0, 0.05) is 0 Å². The number of hydrogen-bond acceptors (Lipinski definition) is 4. The molecule has 3 rings (SSSR count). The number of nitrogens with two attached hydrogens (primary N) is 1. The lowest BCUT2D eigenvalue weighted by molar-refractivity contribution is -0.137. The van der Waals surface area contributed by atoms with Crippen molar-refractivity contribution in [1.29, 1.82) is 0 Å². The number of primary amides is 1. The Balaban J connectivity index is 1.71. The minimum absolute atomic E-state index is 0.00407. The first-order valence-electron chi connectivity index (χ1n) is 7.45. The van der Waals surface area contributed by atoms with E-state index >= 15 is 0 Å². The average molecular weight is 362 g/mol. The Morgan fingerprint density at radius 3 is 2.46 bits per heavy atom. The molecule has 0 saturated carbocycles. The van der Waals surface area contributed by atoms with Crippen molar-refractivity contribution in [3.63, 3.8) is 0 Å². The van der Waals surface area contributed by atoms with Crippen LogP contribution in [0, 0.1) is 0 Å². The normalized spacial score (nSPS) is 11.3. The minimum Gasteiger partial charge on any atom is -0.487 e. The van der Waals surface area contributed by atoms with Crippen molar-refractivity contribution >= 4 is 5.91 Å². The fourth-order valence-corrected chi connectivity index (χ4v) is 2.26. The first-order valence-corrected chi connectivity index (χ1v) is 7.45. The van der Waals surface area contributed by atoms with Gasteiger partial charge in [0.1, 0.15) is 18.1 Å². The van der Waals surface area contributed by atoms with Crippen LogP contribution in [0.2, 0.25) is 0 Å². The van der Waals surface area contributed by atoms with Gasteiger partial charge in [0.05, 0.1) is 23.0 Å². The molecule has 0 atom stereocenters. The van der Waals surface area contributed by atoms with Gasteiger partial charge in [-0.05, 0) is 36.4 Å². The Hall–Kier alpha value is -3.36. The van der Waals surface area contributed by atoms with Crippen LogP contribution in [0.5, 0.6) is 5.75 Å². The molecule has 26 heavy (non-hydrogen) atoms. The van der Waals surface area contributed by atoms with Gasteiger partial charge in [0.25, 0.3) is 5.91 Å². The number of benzene rings is 2. The van der Waals surface area contributed by atoms with Gasteiger partial charge in [-0.1, -0.05) is 17.3 Å². The van der Waals surface area contributed by atoms with Crippen molar-refractivity contribution in [1.82, 2.24) is 15.0 Å². The Morgan fingerprint density at radius 2 is 1.81 bits per heavy atom. The lowest BCUT2D eigenvalue weighted by atomic mass is 10.1. The summed E-state index contributed by atoms with van der Waals surface area (Å²) in [5, 5.41) is 7.84. The number of amides is 1. The second-order valence-corrected chi connectivity index (χ2v) is 5.35. The first-order chi connectivity index (χ1) is 12.3. The van der Waals surface area contributed by atoms with E-state index in [1.54, 1.807) is 30.5 Å². The van der Waals surface area contributed by atoms with Gasteiger partial charge in [-0.3, -0.25) is 4.79 Å². The Morgan fingerprint density at radius 1 is 1.12 bits per heavy atom. The van der Waals surface area contributed by atoms with E-state index in [2.05, 4.69) is 10.3 Å². The van der Waals surface area contributed by atoms with Crippen LogP contribution >= 0.6 is 0 Å². The number of aromatic nitrogens is 3. The summed E-state index contributed by atoms with van der Waals surface area (Å²) in [4.78, 5) is 11.5. The van der Waals surface area contributed by atoms with E-state index in [-0.39, 0.29) is 17.9 Å². The monoisotopic (exact) mass is 362 g/mol. The number of rotatable bonds is 5. The first kappa shape index (κ1) is 17.5.